The van der Waals surface area contributed by atoms with Crippen molar-refractivity contribution in [3.8, 4) is 12.3 Å². The van der Waals surface area contributed by atoms with Gasteiger partial charge in [0.25, 0.3) is 0 Å². The van der Waals surface area contributed by atoms with Crippen LogP contribution < -0.4 is 0 Å². The number of aliphatic carboxylic acids is 1. The van der Waals surface area contributed by atoms with E-state index >= 15 is 0 Å². The average Bonchev–Trinajstić information content (AvgIpc) is 2.77. The van der Waals surface area contributed by atoms with Gasteiger partial charge in [-0.2, -0.15) is 5.10 Å². The minimum absolute atomic E-state index is 0.00421. The molecule has 0 aromatic carbocycles. The summed E-state index contributed by atoms with van der Waals surface area (Å²) in [6, 6.07) is 1.75. The largest absolute Gasteiger partial charge is 0.480 e. The van der Waals surface area contributed by atoms with Crippen LogP contribution in [-0.4, -0.2) is 44.8 Å². The van der Waals surface area contributed by atoms with Crippen LogP contribution in [0.25, 0.3) is 0 Å². The molecule has 1 aromatic rings. The number of terminal acetylenes is 1. The summed E-state index contributed by atoms with van der Waals surface area (Å²) in [5, 5.41) is 12.6. The third-order valence-corrected chi connectivity index (χ3v) is 2.07. The smallest absolute Gasteiger partial charge is 0.323 e. The molecule has 1 rings (SSSR count). The van der Waals surface area contributed by atoms with Crippen LogP contribution in [0.1, 0.15) is 6.42 Å². The zero-order valence-corrected chi connectivity index (χ0v) is 9.24. The maximum atomic E-state index is 11.7. The highest BCUT2D eigenvalue weighted by Gasteiger charge is 2.15. The number of aromatic nitrogens is 2. The maximum absolute atomic E-state index is 11.7. The molecular formula is C11H13N3O3. The van der Waals surface area contributed by atoms with Crippen molar-refractivity contribution in [3.63, 3.8) is 0 Å². The zero-order valence-electron chi connectivity index (χ0n) is 9.24. The van der Waals surface area contributed by atoms with E-state index in [2.05, 4.69) is 11.0 Å². The molecule has 90 valence electrons. The van der Waals surface area contributed by atoms with Crippen molar-refractivity contribution >= 4 is 11.9 Å². The SMILES string of the molecule is C#CCN(CC(=O)O)C(=O)CCn1cccn1. The van der Waals surface area contributed by atoms with Gasteiger partial charge in [-0.3, -0.25) is 14.3 Å². The van der Waals surface area contributed by atoms with Crippen LogP contribution in [0.3, 0.4) is 0 Å². The van der Waals surface area contributed by atoms with Crippen LogP contribution in [0.5, 0.6) is 0 Å². The van der Waals surface area contributed by atoms with Gasteiger partial charge in [0.15, 0.2) is 0 Å². The van der Waals surface area contributed by atoms with Gasteiger partial charge in [-0.05, 0) is 6.07 Å². The van der Waals surface area contributed by atoms with E-state index in [0.29, 0.717) is 6.54 Å². The van der Waals surface area contributed by atoms with Crippen molar-refractivity contribution in [1.82, 2.24) is 14.7 Å². The molecule has 0 unspecified atom stereocenters. The lowest BCUT2D eigenvalue weighted by Gasteiger charge is -2.17. The van der Waals surface area contributed by atoms with Gasteiger partial charge in [0.05, 0.1) is 6.54 Å². The second kappa shape index (κ2) is 6.33. The number of carbonyl (C=O) groups is 2. The average molecular weight is 235 g/mol. The Morgan fingerprint density at radius 1 is 1.53 bits per heavy atom. The third-order valence-electron chi connectivity index (χ3n) is 2.07. The van der Waals surface area contributed by atoms with Crippen molar-refractivity contribution in [2.75, 3.05) is 13.1 Å². The topological polar surface area (TPSA) is 75.4 Å². The molecule has 1 aromatic heterocycles. The van der Waals surface area contributed by atoms with E-state index in [4.69, 9.17) is 11.5 Å². The number of carboxylic acid groups (broad SMARTS) is 1. The van der Waals surface area contributed by atoms with Gasteiger partial charge in [0, 0.05) is 25.4 Å². The molecule has 0 radical (unpaired) electrons. The Kier molecular flexibility index (Phi) is 4.76. The van der Waals surface area contributed by atoms with Crippen LogP contribution in [0.4, 0.5) is 0 Å². The first kappa shape index (κ1) is 12.8. The molecule has 0 fully saturated rings. The van der Waals surface area contributed by atoms with Gasteiger partial charge < -0.3 is 10.0 Å². The summed E-state index contributed by atoms with van der Waals surface area (Å²) >= 11 is 0. The molecule has 0 atom stereocenters. The number of hydrogen-bond acceptors (Lipinski definition) is 3. The number of amides is 1. The fraction of sp³-hybridized carbons (Fsp3) is 0.364. The molecule has 0 saturated carbocycles. The first-order valence-corrected chi connectivity index (χ1v) is 5.04. The first-order chi connectivity index (χ1) is 8.13. The highest BCUT2D eigenvalue weighted by molar-refractivity contribution is 5.81. The molecule has 0 bridgehead atoms. The molecule has 0 aliphatic carbocycles. The van der Waals surface area contributed by atoms with Crippen LogP contribution in [0.2, 0.25) is 0 Å². The molecule has 17 heavy (non-hydrogen) atoms. The summed E-state index contributed by atoms with van der Waals surface area (Å²) in [4.78, 5) is 23.4. The van der Waals surface area contributed by atoms with E-state index in [1.807, 2.05) is 0 Å². The van der Waals surface area contributed by atoms with Crippen molar-refractivity contribution in [1.29, 1.82) is 0 Å². The molecule has 6 nitrogen and oxygen atoms in total. The predicted octanol–water partition coefficient (Wildman–Crippen LogP) is -0.180. The minimum Gasteiger partial charge on any atom is -0.480 e. The van der Waals surface area contributed by atoms with Crippen molar-refractivity contribution < 1.29 is 14.7 Å². The molecule has 1 N–H and O–H groups in total. The lowest BCUT2D eigenvalue weighted by molar-refractivity contribution is -0.144. The predicted molar refractivity (Wildman–Crippen MR) is 59.9 cm³/mol. The highest BCUT2D eigenvalue weighted by Crippen LogP contribution is 1.97. The van der Waals surface area contributed by atoms with Crippen LogP contribution in [0.15, 0.2) is 18.5 Å². The van der Waals surface area contributed by atoms with E-state index < -0.39 is 5.97 Å². The number of aryl methyl sites for hydroxylation is 1. The fourth-order valence-electron chi connectivity index (χ4n) is 1.31. The van der Waals surface area contributed by atoms with Crippen molar-refractivity contribution in [2.45, 2.75) is 13.0 Å². The summed E-state index contributed by atoms with van der Waals surface area (Å²) in [6.45, 7) is 0.0406. The zero-order chi connectivity index (χ0) is 12.7. The van der Waals surface area contributed by atoms with E-state index in [-0.39, 0.29) is 25.4 Å². The molecule has 6 heteroatoms. The monoisotopic (exact) mass is 235 g/mol. The number of carboxylic acids is 1. The number of carbonyl (C=O) groups excluding carboxylic acids is 1. The molecule has 0 saturated heterocycles. The van der Waals surface area contributed by atoms with Crippen LogP contribution in [0, 0.1) is 12.3 Å². The van der Waals surface area contributed by atoms with E-state index in [0.717, 1.165) is 4.90 Å². The maximum Gasteiger partial charge on any atom is 0.323 e. The number of rotatable bonds is 6. The Morgan fingerprint density at radius 3 is 2.82 bits per heavy atom. The van der Waals surface area contributed by atoms with Crippen LogP contribution >= 0.6 is 0 Å². The first-order valence-electron chi connectivity index (χ1n) is 5.04. The molecule has 1 amide bonds. The lowest BCUT2D eigenvalue weighted by atomic mass is 10.3. The highest BCUT2D eigenvalue weighted by atomic mass is 16.4. The number of nitrogens with zero attached hydrogens (tertiary/aromatic N) is 3. The summed E-state index contributed by atoms with van der Waals surface area (Å²) in [7, 11) is 0. The molecule has 1 heterocycles. The third kappa shape index (κ3) is 4.38. The minimum atomic E-state index is -1.08. The summed E-state index contributed by atoms with van der Waals surface area (Å²) in [6.07, 6.45) is 8.60. The normalized spacial score (nSPS) is 9.59. The second-order valence-corrected chi connectivity index (χ2v) is 3.37. The Hall–Kier alpha value is -2.29. The van der Waals surface area contributed by atoms with Crippen molar-refractivity contribution in [3.05, 3.63) is 18.5 Å². The Labute approximate surface area is 98.8 Å². The second-order valence-electron chi connectivity index (χ2n) is 3.37. The lowest BCUT2D eigenvalue weighted by Crippen LogP contribution is -2.36. The summed E-state index contributed by atoms with van der Waals surface area (Å²) in [5.41, 5.74) is 0. The fourth-order valence-corrected chi connectivity index (χ4v) is 1.31. The standard InChI is InChI=1S/C11H13N3O3/c1-2-6-13(9-11(16)17)10(15)4-8-14-7-3-5-12-14/h1,3,5,7H,4,6,8-9H2,(H,16,17). The quantitative estimate of drug-likeness (QED) is 0.694. The van der Waals surface area contributed by atoms with E-state index in [9.17, 15) is 9.59 Å². The van der Waals surface area contributed by atoms with Crippen LogP contribution in [-0.2, 0) is 16.1 Å². The molecule has 0 aliphatic rings. The number of hydrogen-bond donors (Lipinski definition) is 1. The van der Waals surface area contributed by atoms with Gasteiger partial charge in [-0.25, -0.2) is 0 Å². The van der Waals surface area contributed by atoms with Gasteiger partial charge in [0.2, 0.25) is 5.91 Å². The molecular weight excluding hydrogens is 222 g/mol. The Bertz CT molecular complexity index is 420. The Balaban J connectivity index is 2.47. The van der Waals surface area contributed by atoms with E-state index in [1.54, 1.807) is 23.1 Å². The summed E-state index contributed by atoms with van der Waals surface area (Å²) in [5.74, 6) is 0.899. The Morgan fingerprint density at radius 2 is 2.29 bits per heavy atom. The van der Waals surface area contributed by atoms with Gasteiger partial charge >= 0.3 is 5.97 Å². The van der Waals surface area contributed by atoms with Gasteiger partial charge in [0.1, 0.15) is 6.54 Å². The van der Waals surface area contributed by atoms with Crippen molar-refractivity contribution in [2.24, 2.45) is 0 Å². The summed E-state index contributed by atoms with van der Waals surface area (Å²) < 4.78 is 1.60. The molecule has 0 aliphatic heterocycles. The van der Waals surface area contributed by atoms with E-state index in [1.165, 1.54) is 0 Å². The molecule has 0 spiro atoms. The van der Waals surface area contributed by atoms with Gasteiger partial charge in [-0.15, -0.1) is 6.42 Å². The van der Waals surface area contributed by atoms with Gasteiger partial charge in [-0.1, -0.05) is 5.92 Å².